The number of alkyl halides is 1. The van der Waals surface area contributed by atoms with Crippen molar-refractivity contribution in [1.29, 1.82) is 0 Å². The first kappa shape index (κ1) is 19.5. The van der Waals surface area contributed by atoms with E-state index in [-0.39, 0.29) is 24.9 Å². The van der Waals surface area contributed by atoms with Crippen LogP contribution in [0.15, 0.2) is 11.3 Å². The molecule has 26 heavy (non-hydrogen) atoms. The average Bonchev–Trinajstić information content (AvgIpc) is 3.14. The molecule has 2 aliphatic rings. The molecule has 6 N–H and O–H groups in total. The Morgan fingerprint density at radius 3 is 2.96 bits per heavy atom. The third-order valence-corrected chi connectivity index (χ3v) is 4.55. The predicted octanol–water partition coefficient (Wildman–Crippen LogP) is -0.365. The molecule has 1 saturated heterocycles. The highest BCUT2D eigenvalue weighted by atomic mass is 35.5. The fraction of sp³-hybridized carbons (Fsp3) is 0.667. The van der Waals surface area contributed by atoms with Gasteiger partial charge in [-0.3, -0.25) is 9.09 Å². The minimum absolute atomic E-state index is 0.0884. The topological polar surface area (TPSA) is 174 Å². The summed E-state index contributed by atoms with van der Waals surface area (Å²) in [4.78, 5) is 26.4. The molecule has 0 bridgehead atoms. The van der Waals surface area contributed by atoms with Gasteiger partial charge in [-0.2, -0.15) is 0 Å². The maximum atomic E-state index is 11.1. The minimum Gasteiger partial charge on any atom is -0.394 e. The molecule has 4 atom stereocenters. The fourth-order valence-electron chi connectivity index (χ4n) is 2.84. The summed E-state index contributed by atoms with van der Waals surface area (Å²) in [5, 5.41) is 12.3. The van der Waals surface area contributed by atoms with Crippen molar-refractivity contribution in [1.82, 2.24) is 9.55 Å². The summed E-state index contributed by atoms with van der Waals surface area (Å²) in [6.07, 6.45) is -1.76. The summed E-state index contributed by atoms with van der Waals surface area (Å²) in [5.74, 6) is 0.856. The van der Waals surface area contributed by atoms with Crippen LogP contribution in [0.2, 0.25) is 0 Å². The molecular formula is C12H19ClN5O7P. The van der Waals surface area contributed by atoms with Gasteiger partial charge < -0.3 is 35.4 Å². The van der Waals surface area contributed by atoms with Gasteiger partial charge in [-0.15, -0.1) is 11.6 Å². The number of ether oxygens (including phenoxy) is 2. The Balaban J connectivity index is 1.81. The number of nitrogens with two attached hydrogens (primary N) is 1. The minimum atomic E-state index is -4.73. The average molecular weight is 412 g/mol. The van der Waals surface area contributed by atoms with Crippen LogP contribution in [-0.4, -0.2) is 61.7 Å². The van der Waals surface area contributed by atoms with Crippen LogP contribution in [-0.2, 0) is 18.6 Å². The standard InChI is InChI=1S/C12H19ClN5O7P/c13-1-2-23-11-9-10(16-12(14)17-11)18(5-15-9)8-3-6(7(4-19)24-8)25-26(20,21)22/h5-8,11,19H,1-4H2,(H3,14,16,17)(H2,20,21,22)/t6?,7-,8-,11?/m1/s1. The summed E-state index contributed by atoms with van der Waals surface area (Å²) in [6.45, 7) is -0.212. The number of imidazole rings is 1. The van der Waals surface area contributed by atoms with Crippen molar-refractivity contribution < 1.29 is 33.5 Å². The van der Waals surface area contributed by atoms with E-state index in [1.54, 1.807) is 4.57 Å². The highest BCUT2D eigenvalue weighted by molar-refractivity contribution is 7.46. The van der Waals surface area contributed by atoms with Crippen LogP contribution in [0.5, 0.6) is 0 Å². The normalized spacial score (nSPS) is 28.5. The third-order valence-electron chi connectivity index (χ3n) is 3.86. The number of hydrogen-bond donors (Lipinski definition) is 5. The largest absolute Gasteiger partial charge is 0.469 e. The van der Waals surface area contributed by atoms with Gasteiger partial charge >= 0.3 is 7.82 Å². The Labute approximate surface area is 153 Å². The number of aliphatic imine (C=N–C) groups is 1. The number of halogens is 1. The molecular weight excluding hydrogens is 393 g/mol. The molecule has 0 amide bonds. The Bertz CT molecular complexity index is 725. The first-order valence-corrected chi connectivity index (χ1v) is 9.73. The van der Waals surface area contributed by atoms with Gasteiger partial charge in [-0.1, -0.05) is 0 Å². The second-order valence-corrected chi connectivity index (χ2v) is 7.19. The number of aromatic nitrogens is 2. The van der Waals surface area contributed by atoms with E-state index in [4.69, 9.17) is 41.1 Å². The quantitative estimate of drug-likeness (QED) is 0.294. The number of anilines is 1. The molecule has 0 radical (unpaired) electrons. The fourth-order valence-corrected chi connectivity index (χ4v) is 3.50. The van der Waals surface area contributed by atoms with Crippen LogP contribution in [0.25, 0.3) is 0 Å². The lowest BCUT2D eigenvalue weighted by Gasteiger charge is -2.23. The first-order chi connectivity index (χ1) is 12.3. The second kappa shape index (κ2) is 7.79. The smallest absolute Gasteiger partial charge is 0.394 e. The molecule has 3 rings (SSSR count). The molecule has 2 aliphatic heterocycles. The van der Waals surface area contributed by atoms with Gasteiger partial charge in [0.1, 0.15) is 29.9 Å². The van der Waals surface area contributed by atoms with E-state index >= 15 is 0 Å². The number of aliphatic hydroxyl groups is 1. The molecule has 0 aliphatic carbocycles. The molecule has 14 heteroatoms. The van der Waals surface area contributed by atoms with E-state index in [0.29, 0.717) is 11.5 Å². The van der Waals surface area contributed by atoms with Gasteiger partial charge in [0.15, 0.2) is 12.2 Å². The van der Waals surface area contributed by atoms with Crippen LogP contribution in [0.4, 0.5) is 5.82 Å². The Morgan fingerprint density at radius 2 is 2.31 bits per heavy atom. The lowest BCUT2D eigenvalue weighted by Crippen LogP contribution is -2.30. The van der Waals surface area contributed by atoms with Crippen molar-refractivity contribution in [2.75, 3.05) is 24.4 Å². The molecule has 1 aromatic heterocycles. The van der Waals surface area contributed by atoms with Crippen molar-refractivity contribution in [3.8, 4) is 0 Å². The molecule has 12 nitrogen and oxygen atoms in total. The van der Waals surface area contributed by atoms with Crippen LogP contribution >= 0.6 is 19.4 Å². The van der Waals surface area contributed by atoms with E-state index < -0.39 is 39.1 Å². The zero-order valence-electron chi connectivity index (χ0n) is 13.4. The molecule has 146 valence electrons. The number of fused-ring (bicyclic) bond motifs is 1. The number of nitrogens with one attached hydrogen (secondary N) is 1. The summed E-state index contributed by atoms with van der Waals surface area (Å²) in [5.41, 5.74) is 6.24. The Hall–Kier alpha value is -1.24. The van der Waals surface area contributed by atoms with E-state index in [9.17, 15) is 9.67 Å². The summed E-state index contributed by atoms with van der Waals surface area (Å²) >= 11 is 5.63. The number of phosphoric ester groups is 1. The van der Waals surface area contributed by atoms with E-state index in [1.165, 1.54) is 6.33 Å². The van der Waals surface area contributed by atoms with Crippen LogP contribution in [0, 0.1) is 0 Å². The van der Waals surface area contributed by atoms with Crippen molar-refractivity contribution in [3.05, 3.63) is 12.0 Å². The van der Waals surface area contributed by atoms with Crippen LogP contribution in [0.3, 0.4) is 0 Å². The number of phosphoric acid groups is 1. The maximum absolute atomic E-state index is 11.1. The zero-order valence-corrected chi connectivity index (χ0v) is 15.1. The highest BCUT2D eigenvalue weighted by Gasteiger charge is 2.41. The number of aliphatic hydroxyl groups excluding tert-OH is 1. The van der Waals surface area contributed by atoms with Crippen molar-refractivity contribution in [2.24, 2.45) is 10.7 Å². The molecule has 1 fully saturated rings. The SMILES string of the molecule is NC1=NC(OCCCl)c2ncn([C@H]3CC(OP(=O)(O)O)[C@@H](CO)O3)c2N1. The van der Waals surface area contributed by atoms with Crippen molar-refractivity contribution >= 4 is 31.2 Å². The first-order valence-electron chi connectivity index (χ1n) is 7.67. The van der Waals surface area contributed by atoms with E-state index in [0.717, 1.165) is 0 Å². The second-order valence-electron chi connectivity index (χ2n) is 5.62. The number of rotatable bonds is 7. The molecule has 2 unspecified atom stereocenters. The van der Waals surface area contributed by atoms with Crippen LogP contribution < -0.4 is 11.1 Å². The van der Waals surface area contributed by atoms with Gasteiger partial charge in [0.25, 0.3) is 0 Å². The molecule has 0 aromatic carbocycles. The number of nitrogens with zero attached hydrogens (tertiary/aromatic N) is 3. The van der Waals surface area contributed by atoms with E-state index in [1.807, 2.05) is 0 Å². The van der Waals surface area contributed by atoms with Crippen molar-refractivity contribution in [2.45, 2.75) is 31.1 Å². The van der Waals surface area contributed by atoms with Crippen molar-refractivity contribution in [3.63, 3.8) is 0 Å². The van der Waals surface area contributed by atoms with Gasteiger partial charge in [0.05, 0.1) is 19.5 Å². The predicted molar refractivity (Wildman–Crippen MR) is 89.4 cm³/mol. The summed E-state index contributed by atoms with van der Waals surface area (Å²) in [7, 11) is -4.73. The Kier molecular flexibility index (Phi) is 5.85. The molecule has 0 spiro atoms. The summed E-state index contributed by atoms with van der Waals surface area (Å²) in [6, 6.07) is 0. The van der Waals surface area contributed by atoms with Gasteiger partial charge in [-0.05, 0) is 0 Å². The third kappa shape index (κ3) is 4.18. The number of guanidine groups is 1. The van der Waals surface area contributed by atoms with Gasteiger partial charge in [-0.25, -0.2) is 14.5 Å². The molecule has 3 heterocycles. The molecule has 1 aromatic rings. The molecule has 0 saturated carbocycles. The van der Waals surface area contributed by atoms with E-state index in [2.05, 4.69) is 15.3 Å². The highest BCUT2D eigenvalue weighted by Crippen LogP contribution is 2.44. The monoisotopic (exact) mass is 411 g/mol. The maximum Gasteiger partial charge on any atom is 0.469 e. The van der Waals surface area contributed by atoms with Gasteiger partial charge in [0, 0.05) is 12.3 Å². The van der Waals surface area contributed by atoms with Crippen LogP contribution in [0.1, 0.15) is 24.6 Å². The Morgan fingerprint density at radius 1 is 1.54 bits per heavy atom. The lowest BCUT2D eigenvalue weighted by atomic mass is 10.2. The zero-order chi connectivity index (χ0) is 18.9. The lowest BCUT2D eigenvalue weighted by molar-refractivity contribution is -0.0431. The van der Waals surface area contributed by atoms with Gasteiger partial charge in [0.2, 0.25) is 0 Å². The summed E-state index contributed by atoms with van der Waals surface area (Å²) < 4.78 is 28.6. The number of hydrogen-bond acceptors (Lipinski definition) is 9.